The number of hydrogen-bond donors (Lipinski definition) is 2. The Morgan fingerprint density at radius 3 is 3.05 bits per heavy atom. The Bertz CT molecular complexity index is 749. The van der Waals surface area contributed by atoms with E-state index in [2.05, 4.69) is 46.8 Å². The van der Waals surface area contributed by atoms with Crippen molar-refractivity contribution in [1.82, 2.24) is 9.88 Å². The third-order valence-corrected chi connectivity index (χ3v) is 6.44. The first-order valence-corrected chi connectivity index (χ1v) is 8.40. The minimum absolute atomic E-state index is 0.306. The van der Waals surface area contributed by atoms with Crippen molar-refractivity contribution < 1.29 is 5.11 Å². The molecule has 114 valence electrons. The molecular weight excluding hydrogens is 272 g/mol. The van der Waals surface area contributed by atoms with Crippen LogP contribution in [0.1, 0.15) is 23.7 Å². The number of aromatic nitrogens is 1. The Balaban J connectivity index is 1.67. The fourth-order valence-electron chi connectivity index (χ4n) is 5.46. The first kappa shape index (κ1) is 12.9. The van der Waals surface area contributed by atoms with Gasteiger partial charge in [-0.2, -0.15) is 0 Å². The van der Waals surface area contributed by atoms with Crippen molar-refractivity contribution in [2.24, 2.45) is 17.8 Å². The van der Waals surface area contributed by atoms with Gasteiger partial charge in [-0.15, -0.1) is 6.58 Å². The van der Waals surface area contributed by atoms with E-state index in [4.69, 9.17) is 0 Å². The van der Waals surface area contributed by atoms with Crippen LogP contribution in [-0.2, 0) is 6.42 Å². The van der Waals surface area contributed by atoms with Crippen LogP contribution in [0, 0.1) is 17.8 Å². The zero-order valence-electron chi connectivity index (χ0n) is 12.7. The number of fused-ring (bicyclic) bond motifs is 4. The van der Waals surface area contributed by atoms with Gasteiger partial charge in [0.2, 0.25) is 0 Å². The fourth-order valence-corrected chi connectivity index (χ4v) is 5.46. The highest BCUT2D eigenvalue weighted by atomic mass is 16.3. The smallest absolute Gasteiger partial charge is 0.0507 e. The number of nitrogens with one attached hydrogen (secondary N) is 1. The Morgan fingerprint density at radius 1 is 1.36 bits per heavy atom. The first-order chi connectivity index (χ1) is 10.8. The lowest BCUT2D eigenvalue weighted by Gasteiger charge is -2.59. The van der Waals surface area contributed by atoms with Crippen LogP contribution in [0.3, 0.4) is 0 Å². The summed E-state index contributed by atoms with van der Waals surface area (Å²) in [5, 5.41) is 11.4. The Hall–Kier alpha value is -1.58. The number of para-hydroxylation sites is 1. The molecule has 4 aliphatic rings. The molecule has 2 N–H and O–H groups in total. The lowest BCUT2D eigenvalue weighted by Crippen LogP contribution is -2.62. The molecule has 3 nitrogen and oxygen atoms in total. The van der Waals surface area contributed by atoms with Crippen molar-refractivity contribution in [2.45, 2.75) is 24.9 Å². The van der Waals surface area contributed by atoms with Gasteiger partial charge in [-0.3, -0.25) is 4.90 Å². The molecule has 1 aromatic carbocycles. The summed E-state index contributed by atoms with van der Waals surface area (Å²) in [6.07, 6.45) is 4.33. The fraction of sp³-hybridized carbons (Fsp3) is 0.474. The highest BCUT2D eigenvalue weighted by Crippen LogP contribution is 2.54. The summed E-state index contributed by atoms with van der Waals surface area (Å²) in [4.78, 5) is 6.34. The van der Waals surface area contributed by atoms with E-state index in [9.17, 15) is 5.11 Å². The lowest BCUT2D eigenvalue weighted by molar-refractivity contribution is -0.101. The van der Waals surface area contributed by atoms with Gasteiger partial charge in [0.15, 0.2) is 0 Å². The van der Waals surface area contributed by atoms with E-state index in [-0.39, 0.29) is 0 Å². The predicted molar refractivity (Wildman–Crippen MR) is 87.6 cm³/mol. The van der Waals surface area contributed by atoms with E-state index in [0.717, 1.165) is 19.4 Å². The third kappa shape index (κ3) is 1.48. The van der Waals surface area contributed by atoms with Crippen LogP contribution in [0.5, 0.6) is 0 Å². The Labute approximate surface area is 130 Å². The van der Waals surface area contributed by atoms with Crippen LogP contribution in [0.15, 0.2) is 36.9 Å². The van der Waals surface area contributed by atoms with Gasteiger partial charge in [-0.05, 0) is 36.3 Å². The summed E-state index contributed by atoms with van der Waals surface area (Å²) in [7, 11) is 0. The van der Waals surface area contributed by atoms with Gasteiger partial charge in [-0.1, -0.05) is 24.3 Å². The molecule has 0 radical (unpaired) electrons. The normalized spacial score (nSPS) is 39.0. The number of aromatic amines is 1. The van der Waals surface area contributed by atoms with E-state index in [1.165, 1.54) is 22.2 Å². The van der Waals surface area contributed by atoms with Crippen molar-refractivity contribution in [1.29, 1.82) is 0 Å². The average molecular weight is 294 g/mol. The van der Waals surface area contributed by atoms with Crippen LogP contribution < -0.4 is 0 Å². The maximum absolute atomic E-state index is 9.98. The second-order valence-corrected chi connectivity index (χ2v) is 7.19. The summed E-state index contributed by atoms with van der Waals surface area (Å²) in [6.45, 7) is 5.44. The van der Waals surface area contributed by atoms with Gasteiger partial charge in [0, 0.05) is 41.7 Å². The zero-order valence-corrected chi connectivity index (χ0v) is 12.7. The van der Waals surface area contributed by atoms with Gasteiger partial charge in [-0.25, -0.2) is 0 Å². The number of piperidine rings is 3. The molecule has 0 spiro atoms. The lowest BCUT2D eigenvalue weighted by atomic mass is 9.62. The minimum atomic E-state index is 0.306. The molecular formula is C19H22N2O. The van der Waals surface area contributed by atoms with E-state index in [1.807, 2.05) is 0 Å². The molecule has 1 aromatic heterocycles. The molecule has 0 aliphatic carbocycles. The molecule has 4 aliphatic heterocycles. The van der Waals surface area contributed by atoms with Gasteiger partial charge < -0.3 is 10.1 Å². The number of hydrogen-bond acceptors (Lipinski definition) is 2. The second kappa shape index (κ2) is 4.46. The molecule has 3 heteroatoms. The summed E-state index contributed by atoms with van der Waals surface area (Å²) in [6, 6.07) is 9.65. The van der Waals surface area contributed by atoms with Gasteiger partial charge in [0.1, 0.15) is 0 Å². The number of nitrogens with zero attached hydrogens (tertiary/aromatic N) is 1. The van der Waals surface area contributed by atoms with E-state index in [1.54, 1.807) is 0 Å². The van der Waals surface area contributed by atoms with Crippen molar-refractivity contribution in [2.75, 3.05) is 13.2 Å². The largest absolute Gasteiger partial charge is 0.396 e. The van der Waals surface area contributed by atoms with Crippen LogP contribution in [0.25, 0.3) is 10.9 Å². The van der Waals surface area contributed by atoms with E-state index >= 15 is 0 Å². The van der Waals surface area contributed by atoms with Crippen LogP contribution >= 0.6 is 0 Å². The average Bonchev–Trinajstić information content (AvgIpc) is 2.93. The quantitative estimate of drug-likeness (QED) is 0.836. The SMILES string of the molecule is C=CC1CN2C3CC1C(CO)C2Cc1c3[nH]c2ccccc12. The zero-order chi connectivity index (χ0) is 14.8. The van der Waals surface area contributed by atoms with Gasteiger partial charge >= 0.3 is 0 Å². The third-order valence-electron chi connectivity index (χ3n) is 6.44. The van der Waals surface area contributed by atoms with Crippen LogP contribution in [0.2, 0.25) is 0 Å². The Morgan fingerprint density at radius 2 is 2.23 bits per heavy atom. The molecule has 2 aromatic rings. The topological polar surface area (TPSA) is 39.3 Å². The summed E-state index contributed by atoms with van der Waals surface area (Å²) in [5.41, 5.74) is 4.19. The molecule has 3 saturated heterocycles. The van der Waals surface area contributed by atoms with E-state index < -0.39 is 0 Å². The summed E-state index contributed by atoms with van der Waals surface area (Å²) in [5.74, 6) is 1.52. The van der Waals surface area contributed by atoms with Crippen molar-refractivity contribution in [3.8, 4) is 0 Å². The number of benzene rings is 1. The molecule has 5 heterocycles. The number of H-pyrrole nitrogens is 1. The van der Waals surface area contributed by atoms with Crippen molar-refractivity contribution in [3.05, 3.63) is 48.2 Å². The monoisotopic (exact) mass is 294 g/mol. The predicted octanol–water partition coefficient (Wildman–Crippen LogP) is 2.88. The highest BCUT2D eigenvalue weighted by molar-refractivity contribution is 5.85. The second-order valence-electron chi connectivity index (χ2n) is 7.19. The van der Waals surface area contributed by atoms with Crippen molar-refractivity contribution in [3.63, 3.8) is 0 Å². The first-order valence-electron chi connectivity index (χ1n) is 8.40. The number of rotatable bonds is 2. The molecule has 6 unspecified atom stereocenters. The maximum atomic E-state index is 9.98. The number of aliphatic hydroxyl groups is 1. The van der Waals surface area contributed by atoms with E-state index in [0.29, 0.717) is 36.4 Å². The highest BCUT2D eigenvalue weighted by Gasteiger charge is 2.53. The van der Waals surface area contributed by atoms with Gasteiger partial charge in [0.25, 0.3) is 0 Å². The molecule has 0 amide bonds. The molecule has 3 fully saturated rings. The van der Waals surface area contributed by atoms with Crippen LogP contribution in [-0.4, -0.2) is 34.2 Å². The van der Waals surface area contributed by atoms with Gasteiger partial charge in [0.05, 0.1) is 6.04 Å². The van der Waals surface area contributed by atoms with Crippen LogP contribution in [0.4, 0.5) is 0 Å². The number of aliphatic hydroxyl groups excluding tert-OH is 1. The molecule has 4 bridgehead atoms. The molecule has 6 rings (SSSR count). The summed E-state index contributed by atoms with van der Waals surface area (Å²) < 4.78 is 0. The molecule has 22 heavy (non-hydrogen) atoms. The maximum Gasteiger partial charge on any atom is 0.0507 e. The molecule has 6 atom stereocenters. The Kier molecular flexibility index (Phi) is 2.62. The molecule has 0 saturated carbocycles. The minimum Gasteiger partial charge on any atom is -0.396 e. The summed E-state index contributed by atoms with van der Waals surface area (Å²) >= 11 is 0. The van der Waals surface area contributed by atoms with Crippen molar-refractivity contribution >= 4 is 10.9 Å². The standard InChI is InChI=1S/C19H22N2O/c1-2-11-9-21-17-8-14-12-5-3-4-6-16(12)20-19(14)18(21)7-13(11)15(17)10-22/h2-6,11,13,15,17-18,20,22H,1,7-10H2.